The number of rotatable bonds is 2. The van der Waals surface area contributed by atoms with Gasteiger partial charge in [-0.25, -0.2) is 0 Å². The van der Waals surface area contributed by atoms with Gasteiger partial charge in [0.25, 0.3) is 0 Å². The number of thiophene rings is 1. The van der Waals surface area contributed by atoms with E-state index >= 15 is 0 Å². The number of carbonyl (C=O) groups excluding carboxylic acids is 1. The quantitative estimate of drug-likeness (QED) is 0.715. The van der Waals surface area contributed by atoms with Crippen molar-refractivity contribution >= 4 is 17.1 Å². The van der Waals surface area contributed by atoms with Crippen LogP contribution in [0.25, 0.3) is 0 Å². The lowest BCUT2D eigenvalue weighted by molar-refractivity contribution is 0.104. The van der Waals surface area contributed by atoms with E-state index in [9.17, 15) is 4.79 Å². The van der Waals surface area contributed by atoms with Crippen molar-refractivity contribution in [1.82, 2.24) is 0 Å². The number of carbonyl (C=O) groups is 1. The van der Waals surface area contributed by atoms with Crippen LogP contribution in [0.5, 0.6) is 0 Å². The van der Waals surface area contributed by atoms with E-state index in [0.717, 1.165) is 21.6 Å². The van der Waals surface area contributed by atoms with Crippen LogP contribution >= 0.6 is 11.3 Å². The molecule has 2 rings (SSSR count). The Kier molecular flexibility index (Phi) is 2.92. The zero-order valence-electron chi connectivity index (χ0n) is 9.70. The highest BCUT2D eigenvalue weighted by molar-refractivity contribution is 7.14. The molecule has 1 aromatic heterocycles. The molecule has 0 saturated carbocycles. The minimum absolute atomic E-state index is 0.147. The molecule has 0 bridgehead atoms. The van der Waals surface area contributed by atoms with Crippen molar-refractivity contribution in [1.29, 1.82) is 0 Å². The molecule has 0 N–H and O–H groups in total. The first-order chi connectivity index (χ1) is 7.59. The molecule has 0 spiro atoms. The fourth-order valence-electron chi connectivity index (χ4n) is 1.82. The average molecular weight is 230 g/mol. The second-order valence-corrected chi connectivity index (χ2v) is 5.27. The molecule has 82 valence electrons. The SMILES string of the molecule is Cc1cc(C)c(C(=O)c2ccccc2C)s1. The molecular weight excluding hydrogens is 216 g/mol. The van der Waals surface area contributed by atoms with E-state index in [1.807, 2.05) is 45.0 Å². The van der Waals surface area contributed by atoms with Crippen LogP contribution in [-0.2, 0) is 0 Å². The van der Waals surface area contributed by atoms with Crippen LogP contribution in [-0.4, -0.2) is 5.78 Å². The maximum absolute atomic E-state index is 12.3. The van der Waals surface area contributed by atoms with Crippen molar-refractivity contribution in [3.05, 3.63) is 56.8 Å². The summed E-state index contributed by atoms with van der Waals surface area (Å²) in [7, 11) is 0. The number of benzene rings is 1. The third-order valence-corrected chi connectivity index (χ3v) is 3.79. The van der Waals surface area contributed by atoms with Gasteiger partial charge in [-0.2, -0.15) is 0 Å². The van der Waals surface area contributed by atoms with Crippen molar-refractivity contribution in [2.24, 2.45) is 0 Å². The summed E-state index contributed by atoms with van der Waals surface area (Å²) in [6.45, 7) is 6.00. The van der Waals surface area contributed by atoms with Gasteiger partial charge in [0.05, 0.1) is 4.88 Å². The monoisotopic (exact) mass is 230 g/mol. The number of hydrogen-bond acceptors (Lipinski definition) is 2. The first-order valence-electron chi connectivity index (χ1n) is 5.27. The molecule has 0 amide bonds. The minimum atomic E-state index is 0.147. The zero-order chi connectivity index (χ0) is 11.7. The fraction of sp³-hybridized carbons (Fsp3) is 0.214. The Balaban J connectivity index is 2.47. The zero-order valence-corrected chi connectivity index (χ0v) is 10.5. The smallest absolute Gasteiger partial charge is 0.203 e. The van der Waals surface area contributed by atoms with Gasteiger partial charge in [-0.05, 0) is 38.0 Å². The predicted octanol–water partition coefficient (Wildman–Crippen LogP) is 3.90. The van der Waals surface area contributed by atoms with E-state index in [-0.39, 0.29) is 5.78 Å². The topological polar surface area (TPSA) is 17.1 Å². The largest absolute Gasteiger partial charge is 0.288 e. The highest BCUT2D eigenvalue weighted by atomic mass is 32.1. The molecule has 0 radical (unpaired) electrons. The highest BCUT2D eigenvalue weighted by Gasteiger charge is 2.15. The van der Waals surface area contributed by atoms with Crippen LogP contribution in [0.3, 0.4) is 0 Å². The molecule has 0 unspecified atom stereocenters. The predicted molar refractivity (Wildman–Crippen MR) is 68.4 cm³/mol. The molecule has 2 heteroatoms. The summed E-state index contributed by atoms with van der Waals surface area (Å²) in [6, 6.07) is 9.81. The van der Waals surface area contributed by atoms with Gasteiger partial charge in [-0.3, -0.25) is 4.79 Å². The van der Waals surface area contributed by atoms with Crippen molar-refractivity contribution in [2.75, 3.05) is 0 Å². The summed E-state index contributed by atoms with van der Waals surface area (Å²) < 4.78 is 0. The Bertz CT molecular complexity index is 537. The van der Waals surface area contributed by atoms with Gasteiger partial charge in [0.2, 0.25) is 5.78 Å². The summed E-state index contributed by atoms with van der Waals surface area (Å²) in [4.78, 5) is 14.4. The molecule has 0 aliphatic rings. The Hall–Kier alpha value is -1.41. The standard InChI is InChI=1S/C14H14OS/c1-9-6-4-5-7-12(9)13(15)14-10(2)8-11(3)16-14/h4-8H,1-3H3. The van der Waals surface area contributed by atoms with Gasteiger partial charge in [0.15, 0.2) is 0 Å². The summed E-state index contributed by atoms with van der Waals surface area (Å²) >= 11 is 1.58. The van der Waals surface area contributed by atoms with E-state index in [1.54, 1.807) is 11.3 Å². The van der Waals surface area contributed by atoms with Crippen molar-refractivity contribution < 1.29 is 4.79 Å². The minimum Gasteiger partial charge on any atom is -0.288 e. The third kappa shape index (κ3) is 1.93. The van der Waals surface area contributed by atoms with Gasteiger partial charge in [-0.15, -0.1) is 11.3 Å². The third-order valence-electron chi connectivity index (χ3n) is 2.64. The summed E-state index contributed by atoms with van der Waals surface area (Å²) in [5.41, 5.74) is 2.93. The lowest BCUT2D eigenvalue weighted by atomic mass is 10.0. The van der Waals surface area contributed by atoms with E-state index in [2.05, 4.69) is 6.07 Å². The Morgan fingerprint density at radius 3 is 2.31 bits per heavy atom. The van der Waals surface area contributed by atoms with Gasteiger partial charge in [-0.1, -0.05) is 24.3 Å². The molecular formula is C14H14OS. The first kappa shape index (κ1) is 11.1. The van der Waals surface area contributed by atoms with Gasteiger partial charge >= 0.3 is 0 Å². The van der Waals surface area contributed by atoms with E-state index in [4.69, 9.17) is 0 Å². The van der Waals surface area contributed by atoms with E-state index in [0.29, 0.717) is 0 Å². The molecule has 1 heterocycles. The number of hydrogen-bond donors (Lipinski definition) is 0. The van der Waals surface area contributed by atoms with Gasteiger partial charge in [0.1, 0.15) is 0 Å². The molecule has 1 aromatic carbocycles. The summed E-state index contributed by atoms with van der Waals surface area (Å²) in [6.07, 6.45) is 0. The maximum atomic E-state index is 12.3. The summed E-state index contributed by atoms with van der Waals surface area (Å²) in [5, 5.41) is 0. The molecule has 0 aliphatic carbocycles. The number of aryl methyl sites for hydroxylation is 3. The van der Waals surface area contributed by atoms with Crippen molar-refractivity contribution in [2.45, 2.75) is 20.8 Å². The highest BCUT2D eigenvalue weighted by Crippen LogP contribution is 2.24. The Labute approximate surface area is 99.8 Å². The second kappa shape index (κ2) is 4.22. The van der Waals surface area contributed by atoms with Crippen LogP contribution < -0.4 is 0 Å². The fourth-order valence-corrected chi connectivity index (χ4v) is 2.80. The molecule has 2 aromatic rings. The molecule has 0 fully saturated rings. The Morgan fingerprint density at radius 1 is 1.06 bits per heavy atom. The van der Waals surface area contributed by atoms with Crippen molar-refractivity contribution in [3.8, 4) is 0 Å². The van der Waals surface area contributed by atoms with Crippen molar-refractivity contribution in [3.63, 3.8) is 0 Å². The van der Waals surface area contributed by atoms with Gasteiger partial charge in [0, 0.05) is 10.4 Å². The van der Waals surface area contributed by atoms with Crippen LogP contribution in [0.4, 0.5) is 0 Å². The lowest BCUT2D eigenvalue weighted by Crippen LogP contribution is -2.02. The van der Waals surface area contributed by atoms with E-state index in [1.165, 1.54) is 4.88 Å². The maximum Gasteiger partial charge on any atom is 0.203 e. The van der Waals surface area contributed by atoms with Crippen LogP contribution in [0, 0.1) is 20.8 Å². The van der Waals surface area contributed by atoms with Crippen LogP contribution in [0.1, 0.15) is 31.2 Å². The lowest BCUT2D eigenvalue weighted by Gasteiger charge is -2.03. The van der Waals surface area contributed by atoms with Gasteiger partial charge < -0.3 is 0 Å². The normalized spacial score (nSPS) is 10.4. The second-order valence-electron chi connectivity index (χ2n) is 4.01. The molecule has 0 aliphatic heterocycles. The van der Waals surface area contributed by atoms with Crippen LogP contribution in [0.2, 0.25) is 0 Å². The summed E-state index contributed by atoms with van der Waals surface area (Å²) in [5.74, 6) is 0.147. The van der Waals surface area contributed by atoms with E-state index < -0.39 is 0 Å². The number of ketones is 1. The Morgan fingerprint density at radius 2 is 1.75 bits per heavy atom. The average Bonchev–Trinajstić information content (AvgIpc) is 2.58. The molecule has 1 nitrogen and oxygen atoms in total. The molecule has 0 saturated heterocycles. The molecule has 16 heavy (non-hydrogen) atoms. The van der Waals surface area contributed by atoms with Crippen LogP contribution in [0.15, 0.2) is 30.3 Å². The molecule has 0 atom stereocenters. The first-order valence-corrected chi connectivity index (χ1v) is 6.08.